The number of aromatic hydroxyl groups is 1. The van der Waals surface area contributed by atoms with Crippen molar-refractivity contribution >= 4 is 11.6 Å². The first-order chi connectivity index (χ1) is 6.50. The molecule has 1 rings (SSSR count). The zero-order valence-corrected chi connectivity index (χ0v) is 7.14. The molecule has 6 heteroatoms. The summed E-state index contributed by atoms with van der Waals surface area (Å²) in [4.78, 5) is 20.3. The fourth-order valence-corrected chi connectivity index (χ4v) is 1.01. The van der Waals surface area contributed by atoms with E-state index >= 15 is 0 Å². The summed E-state index contributed by atoms with van der Waals surface area (Å²) >= 11 is 0. The number of non-ortho nitro benzene ring substituents is 1. The van der Waals surface area contributed by atoms with Crippen molar-refractivity contribution in [3.8, 4) is 5.75 Å². The molecule has 3 N–H and O–H groups in total. The summed E-state index contributed by atoms with van der Waals surface area (Å²) in [6.45, 7) is 0. The number of hydrogen-bond donors (Lipinski definition) is 2. The van der Waals surface area contributed by atoms with Crippen LogP contribution in [0.1, 0.15) is 5.56 Å². The lowest BCUT2D eigenvalue weighted by Crippen LogP contribution is -2.13. The number of benzene rings is 1. The van der Waals surface area contributed by atoms with Gasteiger partial charge in [-0.25, -0.2) is 0 Å². The van der Waals surface area contributed by atoms with Crippen LogP contribution in [0, 0.1) is 10.1 Å². The van der Waals surface area contributed by atoms with Gasteiger partial charge in [-0.15, -0.1) is 0 Å². The van der Waals surface area contributed by atoms with Gasteiger partial charge < -0.3 is 10.8 Å². The maximum Gasteiger partial charge on any atom is 0.269 e. The zero-order chi connectivity index (χ0) is 10.7. The molecule has 0 radical (unpaired) electrons. The van der Waals surface area contributed by atoms with E-state index in [1.54, 1.807) is 0 Å². The van der Waals surface area contributed by atoms with Crippen molar-refractivity contribution in [2.75, 3.05) is 0 Å². The maximum absolute atomic E-state index is 10.5. The molecule has 0 unspecified atom stereocenters. The summed E-state index contributed by atoms with van der Waals surface area (Å²) < 4.78 is 0. The number of hydrogen-bond acceptors (Lipinski definition) is 4. The van der Waals surface area contributed by atoms with Gasteiger partial charge in [-0.05, 0) is 6.07 Å². The Kier molecular flexibility index (Phi) is 2.66. The Morgan fingerprint density at radius 1 is 1.57 bits per heavy atom. The Bertz CT molecular complexity index is 389. The quantitative estimate of drug-likeness (QED) is 0.536. The van der Waals surface area contributed by atoms with Crippen molar-refractivity contribution < 1.29 is 14.8 Å². The monoisotopic (exact) mass is 196 g/mol. The van der Waals surface area contributed by atoms with Crippen LogP contribution in [0.15, 0.2) is 18.2 Å². The lowest BCUT2D eigenvalue weighted by molar-refractivity contribution is -0.384. The first kappa shape index (κ1) is 9.97. The van der Waals surface area contributed by atoms with Gasteiger partial charge >= 0.3 is 0 Å². The third kappa shape index (κ3) is 2.19. The average molecular weight is 196 g/mol. The molecular weight excluding hydrogens is 188 g/mol. The fourth-order valence-electron chi connectivity index (χ4n) is 1.01. The van der Waals surface area contributed by atoms with Gasteiger partial charge in [0.15, 0.2) is 0 Å². The third-order valence-electron chi connectivity index (χ3n) is 1.64. The van der Waals surface area contributed by atoms with E-state index < -0.39 is 10.8 Å². The molecule has 74 valence electrons. The summed E-state index contributed by atoms with van der Waals surface area (Å²) in [6, 6.07) is 3.44. The normalized spacial score (nSPS) is 9.71. The van der Waals surface area contributed by atoms with E-state index in [4.69, 9.17) is 5.73 Å². The number of carbonyl (C=O) groups excluding carboxylic acids is 1. The number of carbonyl (C=O) groups is 1. The van der Waals surface area contributed by atoms with E-state index in [0.29, 0.717) is 0 Å². The topological polar surface area (TPSA) is 106 Å². The summed E-state index contributed by atoms with van der Waals surface area (Å²) in [5.74, 6) is -0.824. The molecule has 0 aromatic heterocycles. The van der Waals surface area contributed by atoms with E-state index in [1.807, 2.05) is 0 Å². The van der Waals surface area contributed by atoms with Crippen molar-refractivity contribution in [1.82, 2.24) is 0 Å². The van der Waals surface area contributed by atoms with Crippen LogP contribution in [0.2, 0.25) is 0 Å². The Morgan fingerprint density at radius 2 is 2.21 bits per heavy atom. The van der Waals surface area contributed by atoms with Gasteiger partial charge in [0.05, 0.1) is 11.3 Å². The van der Waals surface area contributed by atoms with Gasteiger partial charge in [-0.1, -0.05) is 0 Å². The van der Waals surface area contributed by atoms with Crippen LogP contribution in [0.4, 0.5) is 5.69 Å². The van der Waals surface area contributed by atoms with Gasteiger partial charge in [0.1, 0.15) is 5.75 Å². The van der Waals surface area contributed by atoms with Crippen LogP contribution >= 0.6 is 0 Å². The van der Waals surface area contributed by atoms with E-state index in [2.05, 4.69) is 0 Å². The van der Waals surface area contributed by atoms with E-state index in [0.717, 1.165) is 18.2 Å². The highest BCUT2D eigenvalue weighted by Crippen LogP contribution is 2.22. The number of nitro benzene ring substituents is 1. The highest BCUT2D eigenvalue weighted by Gasteiger charge is 2.11. The van der Waals surface area contributed by atoms with Gasteiger partial charge in [-0.3, -0.25) is 14.9 Å². The second-order valence-electron chi connectivity index (χ2n) is 2.71. The molecule has 1 aromatic carbocycles. The van der Waals surface area contributed by atoms with Crippen molar-refractivity contribution in [2.45, 2.75) is 6.42 Å². The van der Waals surface area contributed by atoms with Crippen LogP contribution in [-0.4, -0.2) is 15.9 Å². The second-order valence-corrected chi connectivity index (χ2v) is 2.71. The molecule has 0 aliphatic rings. The summed E-state index contributed by atoms with van der Waals surface area (Å²) in [5, 5.41) is 19.6. The second kappa shape index (κ2) is 3.73. The van der Waals surface area contributed by atoms with Crippen LogP contribution in [0.25, 0.3) is 0 Å². The van der Waals surface area contributed by atoms with Gasteiger partial charge in [0.2, 0.25) is 5.91 Å². The molecule has 1 amide bonds. The number of nitrogens with two attached hydrogens (primary N) is 1. The van der Waals surface area contributed by atoms with Gasteiger partial charge in [-0.2, -0.15) is 0 Å². The molecule has 0 saturated heterocycles. The Morgan fingerprint density at radius 3 is 2.71 bits per heavy atom. The van der Waals surface area contributed by atoms with E-state index in [-0.39, 0.29) is 23.4 Å². The smallest absolute Gasteiger partial charge is 0.269 e. The van der Waals surface area contributed by atoms with Crippen molar-refractivity contribution in [3.05, 3.63) is 33.9 Å². The van der Waals surface area contributed by atoms with Crippen molar-refractivity contribution in [3.63, 3.8) is 0 Å². The molecule has 0 aliphatic heterocycles. The molecular formula is C8H8N2O4. The number of rotatable bonds is 3. The Labute approximate surface area is 79.1 Å². The first-order valence-corrected chi connectivity index (χ1v) is 3.75. The lowest BCUT2D eigenvalue weighted by atomic mass is 10.1. The maximum atomic E-state index is 10.5. The minimum atomic E-state index is -0.652. The molecule has 0 saturated carbocycles. The fraction of sp³-hybridized carbons (Fsp3) is 0.125. The molecule has 1 aromatic rings. The van der Waals surface area contributed by atoms with Gasteiger partial charge in [0, 0.05) is 17.7 Å². The summed E-state index contributed by atoms with van der Waals surface area (Å²) in [6.07, 6.45) is -0.215. The van der Waals surface area contributed by atoms with E-state index in [1.165, 1.54) is 0 Å². The average Bonchev–Trinajstić information content (AvgIpc) is 2.07. The lowest BCUT2D eigenvalue weighted by Gasteiger charge is -2.00. The standard InChI is InChI=1S/C8H8N2O4/c9-8(12)4-5-3-6(10(13)14)1-2-7(5)11/h1-3,11H,4H2,(H2,9,12). The minimum Gasteiger partial charge on any atom is -0.508 e. The third-order valence-corrected chi connectivity index (χ3v) is 1.64. The van der Waals surface area contributed by atoms with Gasteiger partial charge in [0.25, 0.3) is 5.69 Å². The van der Waals surface area contributed by atoms with Crippen LogP contribution in [0.3, 0.4) is 0 Å². The Balaban J connectivity index is 3.08. The summed E-state index contributed by atoms with van der Waals surface area (Å²) in [7, 11) is 0. The SMILES string of the molecule is NC(=O)Cc1cc([N+](=O)[O-])ccc1O. The zero-order valence-electron chi connectivity index (χ0n) is 7.14. The molecule has 14 heavy (non-hydrogen) atoms. The number of primary amides is 1. The highest BCUT2D eigenvalue weighted by atomic mass is 16.6. The number of nitrogens with zero attached hydrogens (tertiary/aromatic N) is 1. The van der Waals surface area contributed by atoms with Crippen LogP contribution in [-0.2, 0) is 11.2 Å². The number of phenolic OH excluding ortho intramolecular Hbond substituents is 1. The predicted octanol–water partition coefficient (Wildman–Crippen LogP) is 0.328. The molecule has 0 bridgehead atoms. The molecule has 0 fully saturated rings. The van der Waals surface area contributed by atoms with E-state index in [9.17, 15) is 20.0 Å². The van der Waals surface area contributed by atoms with Crippen LogP contribution < -0.4 is 5.73 Å². The van der Waals surface area contributed by atoms with Crippen LogP contribution in [0.5, 0.6) is 5.75 Å². The first-order valence-electron chi connectivity index (χ1n) is 3.75. The predicted molar refractivity (Wildman–Crippen MR) is 47.7 cm³/mol. The summed E-state index contributed by atoms with van der Waals surface area (Å²) in [5.41, 5.74) is 4.88. The highest BCUT2D eigenvalue weighted by molar-refractivity contribution is 5.77. The molecule has 0 spiro atoms. The minimum absolute atomic E-state index is 0.159. The molecule has 0 atom stereocenters. The van der Waals surface area contributed by atoms with Crippen molar-refractivity contribution in [2.24, 2.45) is 5.73 Å². The number of nitro groups is 1. The Hall–Kier alpha value is -2.11. The largest absolute Gasteiger partial charge is 0.508 e. The van der Waals surface area contributed by atoms with Crippen molar-refractivity contribution in [1.29, 1.82) is 0 Å². The number of amides is 1. The molecule has 6 nitrogen and oxygen atoms in total. The molecule has 0 aliphatic carbocycles. The molecule has 0 heterocycles. The number of phenols is 1.